The Morgan fingerprint density at radius 2 is 1.48 bits per heavy atom. The first-order valence-corrected chi connectivity index (χ1v) is 23.3. The maximum atomic E-state index is 4.92. The number of nitrogens with zero attached hydrogens (tertiary/aromatic N) is 1. The van der Waals surface area contributed by atoms with Crippen molar-refractivity contribution in [3.8, 4) is 0 Å². The first-order valence-electron chi connectivity index (χ1n) is 23.3. The maximum Gasteiger partial charge on any atom is 0.0308 e. The summed E-state index contributed by atoms with van der Waals surface area (Å²) in [6, 6.07) is 1.35. The number of piperidine rings is 1. The van der Waals surface area contributed by atoms with Gasteiger partial charge >= 0.3 is 0 Å². The molecule has 1 saturated heterocycles. The van der Waals surface area contributed by atoms with E-state index in [-0.39, 0.29) is 0 Å². The molecule has 0 spiro atoms. The van der Waals surface area contributed by atoms with E-state index < -0.39 is 0 Å². The van der Waals surface area contributed by atoms with Gasteiger partial charge in [-0.3, -0.25) is 4.90 Å². The molecule has 2 aliphatic carbocycles. The third-order valence-corrected chi connectivity index (χ3v) is 14.6. The van der Waals surface area contributed by atoms with Gasteiger partial charge in [0.1, 0.15) is 0 Å². The van der Waals surface area contributed by atoms with E-state index >= 15 is 0 Å². The highest BCUT2D eigenvalue weighted by atomic mass is 15.2. The van der Waals surface area contributed by atoms with E-state index in [1.807, 2.05) is 0 Å². The summed E-state index contributed by atoms with van der Waals surface area (Å²) in [5.74, 6) is 5.34. The summed E-state index contributed by atoms with van der Waals surface area (Å²) in [5.41, 5.74) is 7.28. The minimum atomic E-state index is 0.400. The lowest BCUT2D eigenvalue weighted by molar-refractivity contribution is 0.0564. The van der Waals surface area contributed by atoms with E-state index in [2.05, 4.69) is 110 Å². The fourth-order valence-electron chi connectivity index (χ4n) is 10.3. The molecule has 3 aliphatic rings. The van der Waals surface area contributed by atoms with Gasteiger partial charge < -0.3 is 0 Å². The van der Waals surface area contributed by atoms with Gasteiger partial charge in [-0.25, -0.2) is 0 Å². The van der Waals surface area contributed by atoms with Crippen molar-refractivity contribution >= 4 is 0 Å². The lowest BCUT2D eigenvalue weighted by atomic mass is 9.75. The second kappa shape index (κ2) is 24.7. The Hall–Kier alpha value is -1.86. The molecule has 0 N–H and O–H groups in total. The van der Waals surface area contributed by atoms with Gasteiger partial charge in [-0.05, 0) is 138 Å². The molecule has 1 nitrogen and oxygen atoms in total. The SMILES string of the molecule is C=C(CC(C)/C(C)=C/[C@@H](C)C(=C)C[C@@H](CCC1CCCC(CC)C1)CC(=C)C1CCCCN1C1CCCCC1C)C(C)C[C@H](C)/C=C/C=C/C=C(\C)CC. The Morgan fingerprint density at radius 1 is 0.759 bits per heavy atom. The van der Waals surface area contributed by atoms with Crippen LogP contribution in [0.15, 0.2) is 84.1 Å². The van der Waals surface area contributed by atoms with Gasteiger partial charge in [0.05, 0.1) is 0 Å². The quantitative estimate of drug-likeness (QED) is 0.0789. The van der Waals surface area contributed by atoms with Crippen LogP contribution >= 0.6 is 0 Å². The molecule has 0 amide bonds. The number of hydrogen-bond donors (Lipinski definition) is 0. The Labute approximate surface area is 338 Å². The first-order chi connectivity index (χ1) is 25.8. The number of hydrogen-bond acceptors (Lipinski definition) is 1. The van der Waals surface area contributed by atoms with Crippen LogP contribution in [-0.2, 0) is 0 Å². The fourth-order valence-corrected chi connectivity index (χ4v) is 10.3. The molecule has 306 valence electrons. The van der Waals surface area contributed by atoms with Crippen molar-refractivity contribution in [2.45, 2.75) is 196 Å². The van der Waals surface area contributed by atoms with Gasteiger partial charge in [-0.15, -0.1) is 0 Å². The van der Waals surface area contributed by atoms with Crippen LogP contribution in [0.5, 0.6) is 0 Å². The monoisotopic (exact) mass is 740 g/mol. The van der Waals surface area contributed by atoms with Crippen LogP contribution in [-0.4, -0.2) is 23.5 Å². The third-order valence-electron chi connectivity index (χ3n) is 14.6. The molecule has 3 fully saturated rings. The largest absolute Gasteiger partial charge is 0.293 e. The second-order valence-corrected chi connectivity index (χ2v) is 19.3. The first kappa shape index (κ1) is 46.5. The number of rotatable bonds is 22. The molecule has 54 heavy (non-hydrogen) atoms. The number of allylic oxidation sites excluding steroid dienone is 10. The average Bonchev–Trinajstić information content (AvgIpc) is 3.16. The van der Waals surface area contributed by atoms with Crippen LogP contribution in [0.25, 0.3) is 0 Å². The molecule has 7 unspecified atom stereocenters. The number of likely N-dealkylation sites (tertiary alicyclic amines) is 1. The van der Waals surface area contributed by atoms with E-state index in [0.29, 0.717) is 35.6 Å². The Bertz CT molecular complexity index is 1260. The molecule has 0 aromatic heterocycles. The molecule has 10 atom stereocenters. The highest BCUT2D eigenvalue weighted by Crippen LogP contribution is 2.40. The highest BCUT2D eigenvalue weighted by Gasteiger charge is 2.35. The molecule has 1 aliphatic heterocycles. The molecule has 1 heterocycles. The van der Waals surface area contributed by atoms with Gasteiger partial charge in [0, 0.05) is 12.1 Å². The van der Waals surface area contributed by atoms with Crippen molar-refractivity contribution in [1.82, 2.24) is 4.90 Å². The third kappa shape index (κ3) is 15.9. The van der Waals surface area contributed by atoms with Gasteiger partial charge in [0.25, 0.3) is 0 Å². The van der Waals surface area contributed by atoms with Crippen LogP contribution in [0.3, 0.4) is 0 Å². The lowest BCUT2D eigenvalue weighted by Crippen LogP contribution is -2.50. The zero-order valence-corrected chi connectivity index (χ0v) is 37.4. The van der Waals surface area contributed by atoms with Crippen LogP contribution < -0.4 is 0 Å². The summed E-state index contributed by atoms with van der Waals surface area (Å²) in [7, 11) is 0. The van der Waals surface area contributed by atoms with Crippen LogP contribution in [0, 0.1) is 47.3 Å². The van der Waals surface area contributed by atoms with Crippen molar-refractivity contribution in [3.05, 3.63) is 84.1 Å². The van der Waals surface area contributed by atoms with E-state index in [1.165, 1.54) is 125 Å². The summed E-state index contributed by atoms with van der Waals surface area (Å²) >= 11 is 0. The molecular formula is C53H89N. The summed E-state index contributed by atoms with van der Waals surface area (Å²) in [5, 5.41) is 0. The summed E-state index contributed by atoms with van der Waals surface area (Å²) in [6.45, 7) is 36.8. The summed E-state index contributed by atoms with van der Waals surface area (Å²) in [6.07, 6.45) is 38.9. The van der Waals surface area contributed by atoms with Gasteiger partial charge in [-0.2, -0.15) is 0 Å². The molecule has 0 radical (unpaired) electrons. The van der Waals surface area contributed by atoms with E-state index in [0.717, 1.165) is 49.5 Å². The van der Waals surface area contributed by atoms with Crippen molar-refractivity contribution < 1.29 is 0 Å². The van der Waals surface area contributed by atoms with Crippen LogP contribution in [0.4, 0.5) is 0 Å². The van der Waals surface area contributed by atoms with Crippen molar-refractivity contribution in [2.75, 3.05) is 6.54 Å². The average molecular weight is 740 g/mol. The predicted molar refractivity (Wildman–Crippen MR) is 243 cm³/mol. The van der Waals surface area contributed by atoms with Gasteiger partial charge in [-0.1, -0.05) is 184 Å². The lowest BCUT2D eigenvalue weighted by Gasteiger charge is -2.46. The highest BCUT2D eigenvalue weighted by molar-refractivity contribution is 5.19. The minimum Gasteiger partial charge on any atom is -0.293 e. The molecule has 0 aromatic rings. The van der Waals surface area contributed by atoms with E-state index in [4.69, 9.17) is 13.2 Å². The zero-order chi connectivity index (χ0) is 39.6. The predicted octanol–water partition coefficient (Wildman–Crippen LogP) is 16.2. The smallest absolute Gasteiger partial charge is 0.0308 e. The molecule has 0 aromatic carbocycles. The molecular weight excluding hydrogens is 651 g/mol. The molecule has 2 saturated carbocycles. The van der Waals surface area contributed by atoms with Gasteiger partial charge in [0.2, 0.25) is 0 Å². The fraction of sp³-hybridized carbons (Fsp3) is 0.736. The van der Waals surface area contributed by atoms with Gasteiger partial charge in [0.15, 0.2) is 0 Å². The van der Waals surface area contributed by atoms with Crippen molar-refractivity contribution in [1.29, 1.82) is 0 Å². The topological polar surface area (TPSA) is 3.24 Å². The summed E-state index contributed by atoms with van der Waals surface area (Å²) in [4.78, 5) is 2.95. The van der Waals surface area contributed by atoms with Crippen LogP contribution in [0.1, 0.15) is 184 Å². The maximum absolute atomic E-state index is 4.92. The molecule has 3 rings (SSSR count). The Morgan fingerprint density at radius 3 is 2.20 bits per heavy atom. The Kier molecular flexibility index (Phi) is 21.3. The molecule has 0 bridgehead atoms. The second-order valence-electron chi connectivity index (χ2n) is 19.3. The summed E-state index contributed by atoms with van der Waals surface area (Å²) < 4.78 is 0. The van der Waals surface area contributed by atoms with Crippen molar-refractivity contribution in [2.24, 2.45) is 47.3 Å². The Balaban J connectivity index is 1.61. The van der Waals surface area contributed by atoms with Crippen LogP contribution in [0.2, 0.25) is 0 Å². The standard InChI is InChI=1S/C53H89N/c1-13-39(3)23-16-15-17-24-40(4)33-42(6)43(7)34-44(8)45(9)35-46(10)47(11)36-51(31-30-50-27-22-26-49(14-2)38-50)37-48(12)53-29-20-21-32-54(53)52-28-19-18-25-41(52)5/h15-17,23-24,35,40-42,44,46,49-53H,7,11-14,18-22,25-34,36-38H2,1-6,8-10H3/b16-15+,24-17+,39-23+,45-35+/t40-,41?,42?,44?,46-,49?,50?,51-,52?,53?/m1/s1. The van der Waals surface area contributed by atoms with E-state index in [1.54, 1.807) is 5.57 Å². The minimum absolute atomic E-state index is 0.400. The normalized spacial score (nSPS) is 27.8. The van der Waals surface area contributed by atoms with E-state index in [9.17, 15) is 0 Å². The zero-order valence-electron chi connectivity index (χ0n) is 37.4. The molecule has 1 heteroatoms. The van der Waals surface area contributed by atoms with Crippen molar-refractivity contribution in [3.63, 3.8) is 0 Å².